The van der Waals surface area contributed by atoms with Crippen LogP contribution >= 0.6 is 0 Å². The number of hydrogen-bond acceptors (Lipinski definition) is 5. The van der Waals surface area contributed by atoms with Crippen molar-refractivity contribution < 1.29 is 8.42 Å². The Labute approximate surface area is 125 Å². The lowest BCUT2D eigenvalue weighted by Gasteiger charge is -2.25. The molecule has 4 N–H and O–H groups in total. The van der Waals surface area contributed by atoms with E-state index in [-0.39, 0.29) is 4.90 Å². The number of hydrogen-bond donors (Lipinski definition) is 2. The molecule has 6 nitrogen and oxygen atoms in total. The van der Waals surface area contributed by atoms with Crippen LogP contribution in [0, 0.1) is 0 Å². The van der Waals surface area contributed by atoms with Gasteiger partial charge in [0.15, 0.2) is 0 Å². The monoisotopic (exact) mass is 310 g/mol. The van der Waals surface area contributed by atoms with Gasteiger partial charge in [0.25, 0.3) is 0 Å². The van der Waals surface area contributed by atoms with E-state index in [1.165, 1.54) is 32.0 Å². The zero-order valence-corrected chi connectivity index (χ0v) is 12.8. The fourth-order valence-electron chi connectivity index (χ4n) is 3.34. The molecule has 116 valence electrons. The van der Waals surface area contributed by atoms with E-state index < -0.39 is 10.0 Å². The number of anilines is 2. The summed E-state index contributed by atoms with van der Waals surface area (Å²) in [6, 6.07) is 5.22. The van der Waals surface area contributed by atoms with Crippen molar-refractivity contribution in [1.29, 1.82) is 0 Å². The zero-order valence-electron chi connectivity index (χ0n) is 12.0. The van der Waals surface area contributed by atoms with Crippen LogP contribution in [0.4, 0.5) is 11.4 Å². The Morgan fingerprint density at radius 3 is 2.52 bits per heavy atom. The van der Waals surface area contributed by atoms with Gasteiger partial charge in [0.2, 0.25) is 10.0 Å². The van der Waals surface area contributed by atoms with Gasteiger partial charge < -0.3 is 10.6 Å². The minimum absolute atomic E-state index is 0.122. The van der Waals surface area contributed by atoms with Crippen LogP contribution in [0.1, 0.15) is 19.3 Å². The largest absolute Gasteiger partial charge is 0.397 e. The van der Waals surface area contributed by atoms with Crippen LogP contribution in [0.2, 0.25) is 0 Å². The van der Waals surface area contributed by atoms with E-state index in [1.54, 1.807) is 12.1 Å². The third kappa shape index (κ3) is 3.00. The predicted molar refractivity (Wildman–Crippen MR) is 83.7 cm³/mol. The number of primary sulfonamides is 1. The van der Waals surface area contributed by atoms with Gasteiger partial charge in [-0.3, -0.25) is 4.90 Å². The van der Waals surface area contributed by atoms with Gasteiger partial charge in [-0.15, -0.1) is 0 Å². The number of benzene rings is 1. The maximum absolute atomic E-state index is 11.5. The van der Waals surface area contributed by atoms with Gasteiger partial charge in [-0.05, 0) is 50.6 Å². The number of rotatable bonds is 3. The normalized spacial score (nSPS) is 23.9. The molecular formula is C14H22N4O2S. The van der Waals surface area contributed by atoms with Crippen molar-refractivity contribution in [3.8, 4) is 0 Å². The summed E-state index contributed by atoms with van der Waals surface area (Å²) in [5.41, 5.74) is 7.40. The fraction of sp³-hybridized carbons (Fsp3) is 0.571. The Morgan fingerprint density at radius 1 is 1.14 bits per heavy atom. The third-order valence-electron chi connectivity index (χ3n) is 4.49. The van der Waals surface area contributed by atoms with Gasteiger partial charge in [-0.2, -0.15) is 0 Å². The van der Waals surface area contributed by atoms with E-state index in [0.29, 0.717) is 11.7 Å². The summed E-state index contributed by atoms with van der Waals surface area (Å²) >= 11 is 0. The molecule has 2 aliphatic heterocycles. The molecule has 0 aromatic heterocycles. The van der Waals surface area contributed by atoms with Crippen LogP contribution in [-0.4, -0.2) is 45.5 Å². The fourth-order valence-corrected chi connectivity index (χ4v) is 3.87. The average Bonchev–Trinajstić information content (AvgIpc) is 3.09. The molecule has 1 unspecified atom stereocenters. The van der Waals surface area contributed by atoms with Crippen molar-refractivity contribution >= 4 is 21.4 Å². The van der Waals surface area contributed by atoms with Crippen LogP contribution in [0.15, 0.2) is 23.1 Å². The maximum Gasteiger partial charge on any atom is 0.238 e. The Hall–Kier alpha value is -1.31. The minimum Gasteiger partial charge on any atom is -0.397 e. The summed E-state index contributed by atoms with van der Waals surface area (Å²) in [5.74, 6) is 0. The summed E-state index contributed by atoms with van der Waals surface area (Å²) in [5, 5.41) is 5.21. The van der Waals surface area contributed by atoms with Gasteiger partial charge in [-0.25, -0.2) is 13.6 Å². The standard InChI is InChI=1S/C14H22N4O2S/c15-13-4-3-12(21(16,19)20)9-14(13)18-8-5-11(10-18)17-6-1-2-7-17/h3-4,9,11H,1-2,5-8,10,15H2,(H2,16,19,20). The first-order valence-electron chi connectivity index (χ1n) is 7.36. The van der Waals surface area contributed by atoms with E-state index in [9.17, 15) is 8.42 Å². The maximum atomic E-state index is 11.5. The van der Waals surface area contributed by atoms with Crippen molar-refractivity contribution in [3.05, 3.63) is 18.2 Å². The average molecular weight is 310 g/mol. The second-order valence-corrected chi connectivity index (χ2v) is 7.46. The van der Waals surface area contributed by atoms with Gasteiger partial charge in [0, 0.05) is 19.1 Å². The lowest BCUT2D eigenvalue weighted by atomic mass is 10.2. The molecular weight excluding hydrogens is 288 g/mol. The van der Waals surface area contributed by atoms with Crippen molar-refractivity contribution in [2.45, 2.75) is 30.2 Å². The van der Waals surface area contributed by atoms with Gasteiger partial charge in [0.1, 0.15) is 0 Å². The van der Waals surface area contributed by atoms with Gasteiger partial charge in [-0.1, -0.05) is 0 Å². The Bertz CT molecular complexity index is 626. The van der Waals surface area contributed by atoms with Crippen molar-refractivity contribution in [3.63, 3.8) is 0 Å². The highest BCUT2D eigenvalue weighted by atomic mass is 32.2. The smallest absolute Gasteiger partial charge is 0.238 e. The molecule has 2 heterocycles. The second-order valence-electron chi connectivity index (χ2n) is 5.90. The highest BCUT2D eigenvalue weighted by Crippen LogP contribution is 2.31. The van der Waals surface area contributed by atoms with E-state index in [0.717, 1.165) is 25.2 Å². The number of sulfonamides is 1. The van der Waals surface area contributed by atoms with Crippen LogP contribution in [0.3, 0.4) is 0 Å². The Kier molecular flexibility index (Phi) is 3.81. The van der Waals surface area contributed by atoms with Crippen LogP contribution in [-0.2, 0) is 10.0 Å². The molecule has 1 aromatic rings. The van der Waals surface area contributed by atoms with E-state index in [1.807, 2.05) is 0 Å². The molecule has 1 aromatic carbocycles. The molecule has 0 saturated carbocycles. The molecule has 0 amide bonds. The number of nitrogens with two attached hydrogens (primary N) is 2. The molecule has 0 spiro atoms. The van der Waals surface area contributed by atoms with Crippen molar-refractivity contribution in [2.75, 3.05) is 36.8 Å². The van der Waals surface area contributed by atoms with E-state index >= 15 is 0 Å². The molecule has 2 aliphatic rings. The van der Waals surface area contributed by atoms with E-state index in [4.69, 9.17) is 10.9 Å². The first kappa shape index (κ1) is 14.6. The summed E-state index contributed by atoms with van der Waals surface area (Å²) < 4.78 is 23.0. The zero-order chi connectivity index (χ0) is 15.0. The number of nitrogen functional groups attached to an aromatic ring is 1. The van der Waals surface area contributed by atoms with Crippen LogP contribution in [0.5, 0.6) is 0 Å². The first-order valence-corrected chi connectivity index (χ1v) is 8.91. The Balaban J connectivity index is 1.81. The van der Waals surface area contributed by atoms with Gasteiger partial charge in [0.05, 0.1) is 16.3 Å². The predicted octanol–water partition coefficient (Wildman–Crippen LogP) is 0.591. The van der Waals surface area contributed by atoms with Gasteiger partial charge >= 0.3 is 0 Å². The summed E-state index contributed by atoms with van der Waals surface area (Å²) in [6.45, 7) is 4.15. The summed E-state index contributed by atoms with van der Waals surface area (Å²) in [6.07, 6.45) is 3.65. The van der Waals surface area contributed by atoms with Crippen molar-refractivity contribution in [2.24, 2.45) is 5.14 Å². The molecule has 3 rings (SSSR count). The molecule has 0 bridgehead atoms. The highest BCUT2D eigenvalue weighted by Gasteiger charge is 2.30. The molecule has 21 heavy (non-hydrogen) atoms. The Morgan fingerprint density at radius 2 is 1.86 bits per heavy atom. The molecule has 0 aliphatic carbocycles. The molecule has 1 atom stereocenters. The van der Waals surface area contributed by atoms with Crippen LogP contribution < -0.4 is 15.8 Å². The minimum atomic E-state index is -3.69. The SMILES string of the molecule is Nc1ccc(S(N)(=O)=O)cc1N1CCC(N2CCCC2)C1. The first-order chi connectivity index (χ1) is 9.95. The number of likely N-dealkylation sites (tertiary alicyclic amines) is 1. The summed E-state index contributed by atoms with van der Waals surface area (Å²) in [7, 11) is -3.69. The second kappa shape index (κ2) is 5.47. The third-order valence-corrected chi connectivity index (χ3v) is 5.40. The quantitative estimate of drug-likeness (QED) is 0.797. The molecule has 0 radical (unpaired) electrons. The lowest BCUT2D eigenvalue weighted by Crippen LogP contribution is -2.35. The topological polar surface area (TPSA) is 92.7 Å². The van der Waals surface area contributed by atoms with Crippen molar-refractivity contribution in [1.82, 2.24) is 4.90 Å². The molecule has 2 saturated heterocycles. The summed E-state index contributed by atoms with van der Waals surface area (Å²) in [4.78, 5) is 4.82. The molecule has 2 fully saturated rings. The van der Waals surface area contributed by atoms with E-state index in [2.05, 4.69) is 9.80 Å². The van der Waals surface area contributed by atoms with Crippen LogP contribution in [0.25, 0.3) is 0 Å². The lowest BCUT2D eigenvalue weighted by molar-refractivity contribution is 0.260. The number of nitrogens with zero attached hydrogens (tertiary/aromatic N) is 2. The highest BCUT2D eigenvalue weighted by molar-refractivity contribution is 7.89. The molecule has 7 heteroatoms.